The molecule has 1 heterocycles. The summed E-state index contributed by atoms with van der Waals surface area (Å²) >= 11 is 0. The van der Waals surface area contributed by atoms with Gasteiger partial charge < -0.3 is 29.4 Å². The lowest BCUT2D eigenvalue weighted by Crippen LogP contribution is -2.47. The molecule has 2 unspecified atom stereocenters. The number of esters is 1. The van der Waals surface area contributed by atoms with Crippen LogP contribution in [0.3, 0.4) is 0 Å². The van der Waals surface area contributed by atoms with Crippen LogP contribution in [0.2, 0.25) is 0 Å². The molecule has 3 aromatic carbocycles. The van der Waals surface area contributed by atoms with Crippen LogP contribution in [0, 0.1) is 0 Å². The molecule has 0 aromatic heterocycles. The van der Waals surface area contributed by atoms with Crippen molar-refractivity contribution in [2.24, 2.45) is 0 Å². The number of carbonyl (C=O) groups excluding carboxylic acids is 1. The lowest BCUT2D eigenvalue weighted by molar-refractivity contribution is -0.202. The van der Waals surface area contributed by atoms with Crippen molar-refractivity contribution in [2.75, 3.05) is 13.2 Å². The summed E-state index contributed by atoms with van der Waals surface area (Å²) in [5.41, 5.74) is 3.26. The first-order valence-electron chi connectivity index (χ1n) is 15.4. The molecule has 44 heavy (non-hydrogen) atoms. The van der Waals surface area contributed by atoms with Crippen LogP contribution < -0.4 is 10.1 Å². The van der Waals surface area contributed by atoms with Crippen molar-refractivity contribution >= 4 is 11.9 Å². The topological polar surface area (TPSA) is 103 Å². The van der Waals surface area contributed by atoms with Crippen LogP contribution in [0.5, 0.6) is 5.75 Å². The van der Waals surface area contributed by atoms with Gasteiger partial charge in [-0.3, -0.25) is 4.79 Å². The normalized spacial score (nSPS) is 16.7. The molecule has 0 bridgehead atoms. The summed E-state index contributed by atoms with van der Waals surface area (Å²) in [6, 6.07) is 22.2. The van der Waals surface area contributed by atoms with E-state index >= 15 is 0 Å². The molecule has 2 N–H and O–H groups in total. The third-order valence-electron chi connectivity index (χ3n) is 7.17. The summed E-state index contributed by atoms with van der Waals surface area (Å²) in [5.74, 6) is -1.05. The van der Waals surface area contributed by atoms with Crippen LogP contribution in [0.4, 0.5) is 0 Å². The van der Waals surface area contributed by atoms with E-state index in [1.54, 1.807) is 18.2 Å². The van der Waals surface area contributed by atoms with Crippen molar-refractivity contribution in [3.05, 3.63) is 89.5 Å². The van der Waals surface area contributed by atoms with Crippen molar-refractivity contribution in [1.82, 2.24) is 5.32 Å². The Labute approximate surface area is 260 Å². The van der Waals surface area contributed by atoms with E-state index in [4.69, 9.17) is 18.9 Å². The van der Waals surface area contributed by atoms with Gasteiger partial charge in [0.15, 0.2) is 6.29 Å². The van der Waals surface area contributed by atoms with Crippen molar-refractivity contribution < 1.29 is 33.6 Å². The minimum Gasteiger partial charge on any atom is -0.490 e. The largest absolute Gasteiger partial charge is 0.490 e. The number of aromatic carboxylic acids is 1. The predicted molar refractivity (Wildman–Crippen MR) is 170 cm³/mol. The number of carboxylic acids is 1. The van der Waals surface area contributed by atoms with Crippen LogP contribution in [0.25, 0.3) is 11.1 Å². The van der Waals surface area contributed by atoms with Crippen LogP contribution in [-0.4, -0.2) is 54.2 Å². The summed E-state index contributed by atoms with van der Waals surface area (Å²) in [6.45, 7) is 10.5. The lowest BCUT2D eigenvalue weighted by Gasteiger charge is -2.33. The minimum atomic E-state index is -1.02. The zero-order valence-corrected chi connectivity index (χ0v) is 26.4. The highest BCUT2D eigenvalue weighted by atomic mass is 16.7. The number of rotatable bonds is 13. The van der Waals surface area contributed by atoms with E-state index < -0.39 is 23.7 Å². The van der Waals surface area contributed by atoms with Gasteiger partial charge >= 0.3 is 11.9 Å². The molecule has 4 rings (SSSR count). The molecule has 1 fully saturated rings. The average molecular weight is 604 g/mol. The highest BCUT2D eigenvalue weighted by molar-refractivity contribution is 5.92. The fourth-order valence-electron chi connectivity index (χ4n) is 5.12. The smallest absolute Gasteiger partial charge is 0.339 e. The van der Waals surface area contributed by atoms with Crippen molar-refractivity contribution in [3.8, 4) is 16.9 Å². The van der Waals surface area contributed by atoms with E-state index in [1.165, 1.54) is 0 Å². The number of nitrogens with one attached hydrogen (secondary N) is 1. The Morgan fingerprint density at radius 2 is 1.68 bits per heavy atom. The highest BCUT2D eigenvalue weighted by Crippen LogP contribution is 2.30. The fourth-order valence-corrected chi connectivity index (χ4v) is 5.12. The molecular weight excluding hydrogens is 558 g/mol. The Balaban J connectivity index is 1.49. The molecule has 3 aromatic rings. The molecule has 8 heteroatoms. The van der Waals surface area contributed by atoms with E-state index in [2.05, 4.69) is 5.32 Å². The zero-order chi connectivity index (χ0) is 31.7. The molecule has 0 saturated carbocycles. The van der Waals surface area contributed by atoms with Gasteiger partial charge in [-0.15, -0.1) is 0 Å². The quantitative estimate of drug-likeness (QED) is 0.202. The van der Waals surface area contributed by atoms with Crippen LogP contribution >= 0.6 is 0 Å². The van der Waals surface area contributed by atoms with Gasteiger partial charge in [0.2, 0.25) is 0 Å². The third-order valence-corrected chi connectivity index (χ3v) is 7.17. The molecule has 1 saturated heterocycles. The van der Waals surface area contributed by atoms with Gasteiger partial charge in [0.05, 0.1) is 6.10 Å². The number of benzene rings is 3. The summed E-state index contributed by atoms with van der Waals surface area (Å²) in [4.78, 5) is 25.2. The lowest BCUT2D eigenvalue weighted by atomic mass is 9.99. The van der Waals surface area contributed by atoms with E-state index in [1.807, 2.05) is 89.2 Å². The van der Waals surface area contributed by atoms with Crippen molar-refractivity contribution in [2.45, 2.75) is 90.4 Å². The first-order valence-corrected chi connectivity index (χ1v) is 15.4. The Kier molecular flexibility index (Phi) is 11.6. The number of carbonyl (C=O) groups is 2. The van der Waals surface area contributed by atoms with Gasteiger partial charge in [0.25, 0.3) is 0 Å². The fraction of sp³-hybridized carbons (Fsp3) is 0.444. The Bertz CT molecular complexity index is 1360. The molecular formula is C36H45NO7. The summed E-state index contributed by atoms with van der Waals surface area (Å²) in [7, 11) is 0. The number of hydrogen-bond acceptors (Lipinski definition) is 7. The SMILES string of the molecule is CC(C)Oc1cc(-c2ccc(CCNC(C(=O)OC(C)(C)C)[C@H](OC3CCCCO3)c3ccccc3)cc2)ccc1C(=O)O. The zero-order valence-electron chi connectivity index (χ0n) is 26.4. The third kappa shape index (κ3) is 9.64. The average Bonchev–Trinajstić information content (AvgIpc) is 2.98. The molecule has 0 aliphatic carbocycles. The molecule has 8 nitrogen and oxygen atoms in total. The van der Waals surface area contributed by atoms with E-state index in [-0.39, 0.29) is 23.9 Å². The maximum atomic E-state index is 13.6. The Morgan fingerprint density at radius 3 is 2.30 bits per heavy atom. The standard InChI is InChI=1S/C36H45NO7/c1-24(2)42-30-23-28(18-19-29(30)34(38)39)26-16-14-25(15-17-26)20-21-37-32(35(40)44-36(3,4)5)33(27-11-7-6-8-12-27)43-31-13-9-10-22-41-31/h6-8,11-12,14-19,23-24,31-33,37H,9-10,13,20-22H2,1-5H3,(H,38,39)/t31?,32?,33-/m1/s1. The predicted octanol–water partition coefficient (Wildman–Crippen LogP) is 6.97. The maximum Gasteiger partial charge on any atom is 0.339 e. The maximum absolute atomic E-state index is 13.6. The number of ether oxygens (including phenoxy) is 4. The summed E-state index contributed by atoms with van der Waals surface area (Å²) < 4.78 is 24.0. The Morgan fingerprint density at radius 1 is 0.977 bits per heavy atom. The van der Waals surface area contributed by atoms with Gasteiger partial charge in [-0.25, -0.2) is 4.79 Å². The van der Waals surface area contributed by atoms with Gasteiger partial charge in [0.1, 0.15) is 29.1 Å². The van der Waals surface area contributed by atoms with Gasteiger partial charge in [0, 0.05) is 13.2 Å². The molecule has 3 atom stereocenters. The van der Waals surface area contributed by atoms with Crippen LogP contribution in [0.1, 0.15) is 81.5 Å². The molecule has 0 amide bonds. The van der Waals surface area contributed by atoms with Crippen molar-refractivity contribution in [1.29, 1.82) is 0 Å². The molecule has 1 aliphatic heterocycles. The van der Waals surface area contributed by atoms with Crippen LogP contribution in [-0.2, 0) is 25.4 Å². The second-order valence-electron chi connectivity index (χ2n) is 12.4. The van der Waals surface area contributed by atoms with Crippen LogP contribution in [0.15, 0.2) is 72.8 Å². The van der Waals surface area contributed by atoms with E-state index in [0.717, 1.165) is 41.5 Å². The molecule has 0 spiro atoms. The first-order chi connectivity index (χ1) is 21.0. The van der Waals surface area contributed by atoms with Gasteiger partial charge in [-0.05, 0) is 94.7 Å². The monoisotopic (exact) mass is 603 g/mol. The highest BCUT2D eigenvalue weighted by Gasteiger charge is 2.36. The second-order valence-corrected chi connectivity index (χ2v) is 12.4. The molecule has 236 valence electrons. The Hall–Kier alpha value is -3.72. The summed E-state index contributed by atoms with van der Waals surface area (Å²) in [5, 5.41) is 13.0. The minimum absolute atomic E-state index is 0.137. The van der Waals surface area contributed by atoms with Gasteiger partial charge in [-0.1, -0.05) is 60.7 Å². The number of hydrogen-bond donors (Lipinski definition) is 2. The molecule has 0 radical (unpaired) electrons. The van der Waals surface area contributed by atoms with Crippen molar-refractivity contribution in [3.63, 3.8) is 0 Å². The number of carboxylic acid groups (broad SMARTS) is 1. The van der Waals surface area contributed by atoms with E-state index in [0.29, 0.717) is 25.3 Å². The second kappa shape index (κ2) is 15.3. The summed E-state index contributed by atoms with van der Waals surface area (Å²) in [6.07, 6.45) is 2.34. The van der Waals surface area contributed by atoms with E-state index in [9.17, 15) is 14.7 Å². The molecule has 1 aliphatic rings. The van der Waals surface area contributed by atoms with Gasteiger partial charge in [-0.2, -0.15) is 0 Å². The first kappa shape index (κ1) is 33.2.